The summed E-state index contributed by atoms with van der Waals surface area (Å²) < 4.78 is 46.6. The lowest BCUT2D eigenvalue weighted by Gasteiger charge is -2.41. The predicted molar refractivity (Wildman–Crippen MR) is 127 cm³/mol. The fourth-order valence-electron chi connectivity index (χ4n) is 4.67. The van der Waals surface area contributed by atoms with Crippen LogP contribution in [0, 0.1) is 0 Å². The normalized spacial score (nSPS) is 18.8. The second kappa shape index (κ2) is 11.5. The molecule has 0 spiro atoms. The number of hydrogen-bond donors (Lipinski definition) is 3. The Morgan fingerprint density at radius 2 is 2.09 bits per heavy atom. The van der Waals surface area contributed by atoms with Crippen LogP contribution in [0.5, 0.6) is 0 Å². The number of alkyl halides is 3. The maximum atomic E-state index is 14.4. The summed E-state index contributed by atoms with van der Waals surface area (Å²) in [5.41, 5.74) is 4.11. The lowest BCUT2D eigenvalue weighted by molar-refractivity contribution is -0.0867. The molecule has 0 bridgehead atoms. The van der Waals surface area contributed by atoms with Crippen LogP contribution < -0.4 is 5.32 Å². The van der Waals surface area contributed by atoms with E-state index in [4.69, 9.17) is 4.74 Å². The first-order chi connectivity index (χ1) is 16.9. The number of aliphatic hydroxyl groups is 1. The summed E-state index contributed by atoms with van der Waals surface area (Å²) in [6.45, 7) is 1.64. The number of H-pyrrole nitrogens is 1. The zero-order valence-corrected chi connectivity index (χ0v) is 19.8. The summed E-state index contributed by atoms with van der Waals surface area (Å²) in [6, 6.07) is 8.95. The van der Waals surface area contributed by atoms with Crippen LogP contribution in [0.3, 0.4) is 0 Å². The molecule has 1 aliphatic heterocycles. The summed E-state index contributed by atoms with van der Waals surface area (Å²) in [4.78, 5) is 13.9. The van der Waals surface area contributed by atoms with Gasteiger partial charge in [-0.15, -0.1) is 0 Å². The van der Waals surface area contributed by atoms with E-state index in [0.29, 0.717) is 43.9 Å². The molecule has 35 heavy (non-hydrogen) atoms. The van der Waals surface area contributed by atoms with Crippen LogP contribution >= 0.6 is 0 Å². The van der Waals surface area contributed by atoms with Gasteiger partial charge in [-0.25, -0.2) is 18.7 Å². The minimum atomic E-state index is -3.25. The summed E-state index contributed by atoms with van der Waals surface area (Å²) in [5.74, 6) is -3.25. The quantitative estimate of drug-likeness (QED) is 0.337. The smallest absolute Gasteiger partial charge is 0.283 e. The van der Waals surface area contributed by atoms with Crippen LogP contribution in [0.15, 0.2) is 36.7 Å². The number of para-hydroxylation sites is 1. The Hall–Kier alpha value is -2.53. The Balaban J connectivity index is 1.60. The lowest BCUT2D eigenvalue weighted by Crippen LogP contribution is -2.49. The molecule has 0 unspecified atom stereocenters. The number of nitrogens with zero attached hydrogens (tertiary/aromatic N) is 3. The van der Waals surface area contributed by atoms with Gasteiger partial charge in [0.25, 0.3) is 5.92 Å². The summed E-state index contributed by atoms with van der Waals surface area (Å²) in [7, 11) is 0. The molecular weight excluding hydrogens is 459 g/mol. The fourth-order valence-corrected chi connectivity index (χ4v) is 4.67. The zero-order valence-electron chi connectivity index (χ0n) is 19.8. The number of hydrogen-bond acceptors (Lipinski definition) is 6. The van der Waals surface area contributed by atoms with Crippen LogP contribution in [0.2, 0.25) is 0 Å². The molecule has 2 aromatic heterocycles. The lowest BCUT2D eigenvalue weighted by atomic mass is 9.90. The third kappa shape index (κ3) is 6.00. The van der Waals surface area contributed by atoms with Gasteiger partial charge in [-0.2, -0.15) is 0 Å². The minimum absolute atomic E-state index is 0.200. The van der Waals surface area contributed by atoms with E-state index >= 15 is 0 Å². The summed E-state index contributed by atoms with van der Waals surface area (Å²) >= 11 is 0. The standard InChI is InChI=1S/C25H32F3N5O2/c1-17-11-20-19-5-2-3-6-21(19)32-23(20)24(33(17)14-25(27,28)15-34)22-12-18(30-16-31-22)13-35-10-9-29-8-4-7-26/h2-3,5-6,12,16-17,24,29,32,34H,4,7-11,13-15H2,1H3/t17-,24-/m1/s1. The minimum Gasteiger partial charge on any atom is -0.390 e. The molecule has 0 saturated heterocycles. The Morgan fingerprint density at radius 1 is 1.26 bits per heavy atom. The van der Waals surface area contributed by atoms with E-state index in [1.165, 1.54) is 6.33 Å². The Kier molecular flexibility index (Phi) is 8.38. The first-order valence-corrected chi connectivity index (χ1v) is 11.9. The van der Waals surface area contributed by atoms with Gasteiger partial charge in [-0.3, -0.25) is 9.29 Å². The molecule has 0 radical (unpaired) electrons. The van der Waals surface area contributed by atoms with Gasteiger partial charge >= 0.3 is 0 Å². The number of halogens is 3. The molecule has 3 aromatic rings. The highest BCUT2D eigenvalue weighted by molar-refractivity contribution is 5.85. The highest BCUT2D eigenvalue weighted by Crippen LogP contribution is 2.41. The average molecular weight is 492 g/mol. The third-order valence-electron chi connectivity index (χ3n) is 6.35. The molecule has 3 N–H and O–H groups in total. The molecule has 2 atom stereocenters. The van der Waals surface area contributed by atoms with E-state index < -0.39 is 25.1 Å². The van der Waals surface area contributed by atoms with Crippen molar-refractivity contribution in [3.63, 3.8) is 0 Å². The van der Waals surface area contributed by atoms with Gasteiger partial charge in [0, 0.05) is 29.2 Å². The number of aromatic nitrogens is 3. The molecule has 1 aromatic carbocycles. The number of ether oxygens (including phenoxy) is 1. The molecule has 0 aliphatic carbocycles. The Labute approximate surface area is 202 Å². The molecule has 4 rings (SSSR count). The van der Waals surface area contributed by atoms with E-state index in [-0.39, 0.29) is 19.3 Å². The van der Waals surface area contributed by atoms with E-state index in [0.717, 1.165) is 22.2 Å². The van der Waals surface area contributed by atoms with Crippen molar-refractivity contribution in [3.05, 3.63) is 59.3 Å². The third-order valence-corrected chi connectivity index (χ3v) is 6.35. The molecule has 10 heteroatoms. The van der Waals surface area contributed by atoms with Crippen molar-refractivity contribution in [1.82, 2.24) is 25.2 Å². The number of fused-ring (bicyclic) bond motifs is 3. The van der Waals surface area contributed by atoms with Crippen LogP contribution in [0.1, 0.15) is 42.0 Å². The second-order valence-corrected chi connectivity index (χ2v) is 8.98. The van der Waals surface area contributed by atoms with Gasteiger partial charge in [0.05, 0.1) is 43.9 Å². The van der Waals surface area contributed by atoms with Crippen molar-refractivity contribution in [3.8, 4) is 0 Å². The van der Waals surface area contributed by atoms with Gasteiger partial charge in [-0.05, 0) is 44.0 Å². The van der Waals surface area contributed by atoms with Crippen molar-refractivity contribution >= 4 is 10.9 Å². The van der Waals surface area contributed by atoms with Crippen LogP contribution in [0.25, 0.3) is 10.9 Å². The molecule has 0 amide bonds. The van der Waals surface area contributed by atoms with Crippen molar-refractivity contribution in [1.29, 1.82) is 0 Å². The van der Waals surface area contributed by atoms with E-state index in [1.54, 1.807) is 11.0 Å². The van der Waals surface area contributed by atoms with Crippen molar-refractivity contribution in [2.45, 2.75) is 44.4 Å². The van der Waals surface area contributed by atoms with Crippen molar-refractivity contribution in [2.75, 3.05) is 39.5 Å². The van der Waals surface area contributed by atoms with Gasteiger partial charge in [-0.1, -0.05) is 18.2 Å². The first kappa shape index (κ1) is 25.6. The highest BCUT2D eigenvalue weighted by atomic mass is 19.3. The molecule has 1 aliphatic rings. The predicted octanol–water partition coefficient (Wildman–Crippen LogP) is 3.39. The Bertz CT molecular complexity index is 1110. The first-order valence-electron chi connectivity index (χ1n) is 11.9. The van der Waals surface area contributed by atoms with E-state index in [2.05, 4.69) is 20.3 Å². The number of benzene rings is 1. The maximum absolute atomic E-state index is 14.4. The van der Waals surface area contributed by atoms with Crippen molar-refractivity contribution < 1.29 is 23.0 Å². The summed E-state index contributed by atoms with van der Waals surface area (Å²) in [5, 5.41) is 13.4. The van der Waals surface area contributed by atoms with Crippen LogP contribution in [0.4, 0.5) is 13.2 Å². The fraction of sp³-hybridized carbons (Fsp3) is 0.520. The maximum Gasteiger partial charge on any atom is 0.283 e. The highest BCUT2D eigenvalue weighted by Gasteiger charge is 2.42. The molecule has 3 heterocycles. The topological polar surface area (TPSA) is 86.3 Å². The largest absolute Gasteiger partial charge is 0.390 e. The molecular formula is C25H32F3N5O2. The van der Waals surface area contributed by atoms with Gasteiger partial charge < -0.3 is 20.1 Å². The van der Waals surface area contributed by atoms with Gasteiger partial charge in [0.1, 0.15) is 12.9 Å². The van der Waals surface area contributed by atoms with E-state index in [1.807, 2.05) is 31.2 Å². The monoisotopic (exact) mass is 491 g/mol. The number of rotatable bonds is 12. The number of aliphatic hydroxyl groups excluding tert-OH is 1. The molecule has 190 valence electrons. The van der Waals surface area contributed by atoms with Crippen molar-refractivity contribution in [2.24, 2.45) is 0 Å². The van der Waals surface area contributed by atoms with E-state index in [9.17, 15) is 18.3 Å². The molecule has 0 saturated carbocycles. The average Bonchev–Trinajstić information content (AvgIpc) is 3.22. The SMILES string of the molecule is C[C@@H]1Cc2c([nH]c3ccccc23)[C@@H](c2cc(COCCNCCCF)ncn2)N1CC(F)(F)CO. The Morgan fingerprint density at radius 3 is 2.89 bits per heavy atom. The van der Waals surface area contributed by atoms with Crippen LogP contribution in [-0.2, 0) is 17.8 Å². The number of aromatic amines is 1. The van der Waals surface area contributed by atoms with Gasteiger partial charge in [0.15, 0.2) is 0 Å². The number of nitrogens with one attached hydrogen (secondary N) is 2. The molecule has 7 nitrogen and oxygen atoms in total. The van der Waals surface area contributed by atoms with Gasteiger partial charge in [0.2, 0.25) is 0 Å². The van der Waals surface area contributed by atoms with Crippen LogP contribution in [-0.4, -0.2) is 76.4 Å². The second-order valence-electron chi connectivity index (χ2n) is 8.98. The molecule has 0 fully saturated rings. The zero-order chi connectivity index (χ0) is 24.8. The summed E-state index contributed by atoms with van der Waals surface area (Å²) in [6.07, 6.45) is 2.50.